The van der Waals surface area contributed by atoms with Gasteiger partial charge in [0, 0.05) is 18.1 Å². The smallest absolute Gasteiger partial charge is 0.356 e. The third-order valence-corrected chi connectivity index (χ3v) is 2.39. The molecule has 0 spiro atoms. The number of nitrogens with one attached hydrogen (secondary N) is 1. The van der Waals surface area contributed by atoms with Crippen LogP contribution >= 0.6 is 0 Å². The molecule has 0 atom stereocenters. The Hall–Kier alpha value is -3.27. The van der Waals surface area contributed by atoms with Crippen LogP contribution in [-0.4, -0.2) is 27.0 Å². The number of amides is 1. The maximum atomic E-state index is 12.0. The maximum Gasteiger partial charge on any atom is 0.356 e. The topological polar surface area (TPSA) is 116 Å². The number of carboxylic acids is 1. The van der Waals surface area contributed by atoms with E-state index in [1.807, 2.05) is 6.07 Å². The lowest BCUT2D eigenvalue weighted by atomic mass is 10.2. The molecule has 0 aliphatic carbocycles. The van der Waals surface area contributed by atoms with E-state index in [9.17, 15) is 9.59 Å². The summed E-state index contributed by atoms with van der Waals surface area (Å²) in [6.07, 6.45) is 2.43. The minimum Gasteiger partial charge on any atom is -0.476 e. The second-order valence-corrected chi connectivity index (χ2v) is 3.70. The Balaban J connectivity index is 2.24. The summed E-state index contributed by atoms with van der Waals surface area (Å²) in [6, 6.07) is 8.08. The molecule has 2 aromatic rings. The molecule has 0 saturated heterocycles. The second kappa shape index (κ2) is 5.58. The van der Waals surface area contributed by atoms with E-state index in [2.05, 4.69) is 15.3 Å². The molecule has 0 aliphatic rings. The summed E-state index contributed by atoms with van der Waals surface area (Å²) in [5.41, 5.74) is 0.188. The van der Waals surface area contributed by atoms with Crippen molar-refractivity contribution in [2.24, 2.45) is 0 Å². The number of carboxylic acid groups (broad SMARTS) is 1. The van der Waals surface area contributed by atoms with Gasteiger partial charge in [-0.3, -0.25) is 4.79 Å². The van der Waals surface area contributed by atoms with Gasteiger partial charge >= 0.3 is 5.97 Å². The normalized spacial score (nSPS) is 9.55. The number of aromatic nitrogens is 2. The first-order valence-corrected chi connectivity index (χ1v) is 5.47. The molecule has 7 nitrogen and oxygen atoms in total. The Kier molecular flexibility index (Phi) is 3.67. The summed E-state index contributed by atoms with van der Waals surface area (Å²) in [4.78, 5) is 30.2. The Morgan fingerprint density at radius 3 is 2.25 bits per heavy atom. The van der Waals surface area contributed by atoms with Crippen molar-refractivity contribution in [3.63, 3.8) is 0 Å². The Morgan fingerprint density at radius 1 is 1.10 bits per heavy atom. The van der Waals surface area contributed by atoms with Crippen molar-refractivity contribution in [2.45, 2.75) is 0 Å². The second-order valence-electron chi connectivity index (χ2n) is 3.70. The van der Waals surface area contributed by atoms with E-state index in [1.165, 1.54) is 36.7 Å². The van der Waals surface area contributed by atoms with Crippen molar-refractivity contribution in [1.82, 2.24) is 9.97 Å². The van der Waals surface area contributed by atoms with Gasteiger partial charge < -0.3 is 10.4 Å². The molecule has 1 aromatic heterocycles. The third-order valence-electron chi connectivity index (χ3n) is 2.39. The summed E-state index contributed by atoms with van der Waals surface area (Å²) in [5, 5.41) is 20.1. The molecule has 1 aromatic carbocycles. The zero-order valence-corrected chi connectivity index (χ0v) is 10.1. The molecule has 0 bridgehead atoms. The summed E-state index contributed by atoms with van der Waals surface area (Å²) in [6.45, 7) is 0. The molecule has 2 N–H and O–H groups in total. The fourth-order valence-electron chi connectivity index (χ4n) is 1.48. The highest BCUT2D eigenvalue weighted by Gasteiger charge is 2.19. The van der Waals surface area contributed by atoms with Crippen LogP contribution in [0.5, 0.6) is 0 Å². The first kappa shape index (κ1) is 13.2. The number of carbonyl (C=O) groups is 2. The minimum absolute atomic E-state index is 0.274. The quantitative estimate of drug-likeness (QED) is 0.866. The maximum absolute atomic E-state index is 12.0. The monoisotopic (exact) mass is 268 g/mol. The predicted molar refractivity (Wildman–Crippen MR) is 68.1 cm³/mol. The lowest BCUT2D eigenvalue weighted by Crippen LogP contribution is -2.19. The summed E-state index contributed by atoms with van der Waals surface area (Å²) in [5.74, 6) is -2.01. The largest absolute Gasteiger partial charge is 0.476 e. The lowest BCUT2D eigenvalue weighted by molar-refractivity contribution is 0.0685. The van der Waals surface area contributed by atoms with Gasteiger partial charge in [-0.25, -0.2) is 14.8 Å². The molecule has 20 heavy (non-hydrogen) atoms. The van der Waals surface area contributed by atoms with Gasteiger partial charge in [-0.2, -0.15) is 5.26 Å². The van der Waals surface area contributed by atoms with E-state index in [4.69, 9.17) is 10.4 Å². The standard InChI is InChI=1S/C13H8N4O3/c14-7-8-1-3-9(4-2-8)17-12(18)10-11(13(19)20)16-6-5-15-10/h1-6H,(H,17,18)(H,19,20). The van der Waals surface area contributed by atoms with Gasteiger partial charge in [-0.05, 0) is 24.3 Å². The number of carbonyl (C=O) groups excluding carboxylic acids is 1. The van der Waals surface area contributed by atoms with Gasteiger partial charge in [0.05, 0.1) is 11.6 Å². The van der Waals surface area contributed by atoms with E-state index >= 15 is 0 Å². The van der Waals surface area contributed by atoms with Crippen LogP contribution in [0.2, 0.25) is 0 Å². The highest BCUT2D eigenvalue weighted by molar-refractivity contribution is 6.08. The van der Waals surface area contributed by atoms with Crippen LogP contribution in [-0.2, 0) is 0 Å². The molecule has 0 aliphatic heterocycles. The minimum atomic E-state index is -1.33. The molecule has 98 valence electrons. The van der Waals surface area contributed by atoms with E-state index in [1.54, 1.807) is 0 Å². The average Bonchev–Trinajstić information content (AvgIpc) is 2.48. The summed E-state index contributed by atoms with van der Waals surface area (Å²) in [7, 11) is 0. The van der Waals surface area contributed by atoms with Gasteiger partial charge in [0.2, 0.25) is 0 Å². The van der Waals surface area contributed by atoms with Crippen LogP contribution in [0.3, 0.4) is 0 Å². The van der Waals surface area contributed by atoms with Crippen molar-refractivity contribution in [3.8, 4) is 6.07 Å². The average molecular weight is 268 g/mol. The molecule has 1 heterocycles. The van der Waals surface area contributed by atoms with Gasteiger partial charge in [0.1, 0.15) is 0 Å². The fourth-order valence-corrected chi connectivity index (χ4v) is 1.48. The van der Waals surface area contributed by atoms with Crippen molar-refractivity contribution < 1.29 is 14.7 Å². The van der Waals surface area contributed by atoms with Gasteiger partial charge in [0.25, 0.3) is 5.91 Å². The molecule has 0 fully saturated rings. The SMILES string of the molecule is N#Cc1ccc(NC(=O)c2nccnc2C(=O)O)cc1. The van der Waals surface area contributed by atoms with Crippen molar-refractivity contribution in [3.05, 3.63) is 53.6 Å². The third kappa shape index (κ3) is 2.76. The Labute approximate surface area is 113 Å². The number of hydrogen-bond donors (Lipinski definition) is 2. The van der Waals surface area contributed by atoms with Crippen molar-refractivity contribution in [1.29, 1.82) is 5.26 Å². The first-order chi connectivity index (χ1) is 9.61. The van der Waals surface area contributed by atoms with Crippen LogP contribution in [0.4, 0.5) is 5.69 Å². The van der Waals surface area contributed by atoms with Gasteiger partial charge in [-0.15, -0.1) is 0 Å². The molecular formula is C13H8N4O3. The number of benzene rings is 1. The van der Waals surface area contributed by atoms with Crippen LogP contribution in [0, 0.1) is 11.3 Å². The highest BCUT2D eigenvalue weighted by atomic mass is 16.4. The Morgan fingerprint density at radius 2 is 1.70 bits per heavy atom. The summed E-state index contributed by atoms with van der Waals surface area (Å²) >= 11 is 0. The zero-order chi connectivity index (χ0) is 14.5. The molecule has 0 radical (unpaired) electrons. The Bertz CT molecular complexity index is 704. The molecule has 7 heteroatoms. The fraction of sp³-hybridized carbons (Fsp3) is 0. The van der Waals surface area contributed by atoms with Crippen LogP contribution in [0.25, 0.3) is 0 Å². The molecule has 1 amide bonds. The summed E-state index contributed by atoms with van der Waals surface area (Å²) < 4.78 is 0. The van der Waals surface area contributed by atoms with Crippen LogP contribution < -0.4 is 5.32 Å². The van der Waals surface area contributed by atoms with E-state index < -0.39 is 17.6 Å². The van der Waals surface area contributed by atoms with Gasteiger partial charge in [-0.1, -0.05) is 0 Å². The molecular weight excluding hydrogens is 260 g/mol. The van der Waals surface area contributed by atoms with Crippen molar-refractivity contribution in [2.75, 3.05) is 5.32 Å². The molecule has 0 saturated carbocycles. The lowest BCUT2D eigenvalue weighted by Gasteiger charge is -2.06. The first-order valence-electron chi connectivity index (χ1n) is 5.47. The van der Waals surface area contributed by atoms with E-state index in [0.717, 1.165) is 0 Å². The van der Waals surface area contributed by atoms with Crippen LogP contribution in [0.15, 0.2) is 36.7 Å². The van der Waals surface area contributed by atoms with Crippen LogP contribution in [0.1, 0.15) is 26.5 Å². The van der Waals surface area contributed by atoms with E-state index in [0.29, 0.717) is 11.3 Å². The van der Waals surface area contributed by atoms with Gasteiger partial charge in [0.15, 0.2) is 11.4 Å². The van der Waals surface area contributed by atoms with Crippen molar-refractivity contribution >= 4 is 17.6 Å². The number of hydrogen-bond acceptors (Lipinski definition) is 5. The highest BCUT2D eigenvalue weighted by Crippen LogP contribution is 2.11. The number of nitriles is 1. The number of anilines is 1. The zero-order valence-electron chi connectivity index (χ0n) is 10.1. The molecule has 2 rings (SSSR count). The van der Waals surface area contributed by atoms with E-state index in [-0.39, 0.29) is 5.69 Å². The number of rotatable bonds is 3. The molecule has 0 unspecified atom stereocenters. The predicted octanol–water partition coefficient (Wildman–Crippen LogP) is 1.30. The number of aromatic carboxylic acids is 1. The number of nitrogens with zero attached hydrogens (tertiary/aromatic N) is 3.